The second kappa shape index (κ2) is 7.48. The first-order valence-electron chi connectivity index (χ1n) is 9.05. The molecule has 0 aliphatic rings. The molecule has 4 rings (SSSR count). The van der Waals surface area contributed by atoms with Crippen LogP contribution in [0.2, 0.25) is 0 Å². The number of nitrogens with two attached hydrogens (primary N) is 1. The molecule has 29 heavy (non-hydrogen) atoms. The molecule has 1 amide bonds. The highest BCUT2D eigenvalue weighted by Gasteiger charge is 2.13. The zero-order chi connectivity index (χ0) is 20.4. The van der Waals surface area contributed by atoms with Crippen LogP contribution in [0.25, 0.3) is 21.9 Å². The van der Waals surface area contributed by atoms with Gasteiger partial charge >= 0.3 is 5.97 Å². The lowest BCUT2D eigenvalue weighted by Gasteiger charge is -2.11. The standard InChI is InChI=1S/C24H18N2O3/c25-18-11-9-16(10-12-18)15-5-7-17(8-6-15)23(27)26-22-14-13-21(24(28)29)19-3-1-2-4-20(19)22/h1-14H,25H2,(H,26,27)(H,28,29). The van der Waals surface area contributed by atoms with E-state index in [2.05, 4.69) is 5.32 Å². The normalized spacial score (nSPS) is 10.6. The Morgan fingerprint density at radius 2 is 1.31 bits per heavy atom. The van der Waals surface area contributed by atoms with E-state index in [0.29, 0.717) is 27.7 Å². The van der Waals surface area contributed by atoms with Gasteiger partial charge < -0.3 is 16.2 Å². The number of hydrogen-bond donors (Lipinski definition) is 3. The molecule has 142 valence electrons. The number of fused-ring (bicyclic) bond motifs is 1. The van der Waals surface area contributed by atoms with Crippen LogP contribution in [0.1, 0.15) is 20.7 Å². The highest BCUT2D eigenvalue weighted by Crippen LogP contribution is 2.27. The Labute approximate surface area is 167 Å². The van der Waals surface area contributed by atoms with Crippen molar-refractivity contribution in [3.63, 3.8) is 0 Å². The minimum atomic E-state index is -1.00. The number of aromatic carboxylic acids is 1. The lowest BCUT2D eigenvalue weighted by molar-refractivity contribution is 0.0699. The van der Waals surface area contributed by atoms with Crippen LogP contribution >= 0.6 is 0 Å². The third-order valence-corrected chi connectivity index (χ3v) is 4.79. The van der Waals surface area contributed by atoms with Gasteiger partial charge in [-0.1, -0.05) is 48.5 Å². The first-order chi connectivity index (χ1) is 14.0. The Morgan fingerprint density at radius 3 is 1.93 bits per heavy atom. The number of benzene rings is 4. The van der Waals surface area contributed by atoms with E-state index in [-0.39, 0.29) is 11.5 Å². The van der Waals surface area contributed by atoms with Crippen LogP contribution in [-0.2, 0) is 0 Å². The summed E-state index contributed by atoms with van der Waals surface area (Å²) >= 11 is 0. The van der Waals surface area contributed by atoms with Gasteiger partial charge in [0, 0.05) is 22.3 Å². The molecule has 0 saturated carbocycles. The van der Waals surface area contributed by atoms with Gasteiger partial charge in [0.1, 0.15) is 0 Å². The average Bonchev–Trinajstić information content (AvgIpc) is 2.74. The van der Waals surface area contributed by atoms with Gasteiger partial charge in [-0.25, -0.2) is 4.79 Å². The molecule has 4 N–H and O–H groups in total. The summed E-state index contributed by atoms with van der Waals surface area (Å²) in [5, 5.41) is 13.5. The van der Waals surface area contributed by atoms with Crippen LogP contribution in [0.3, 0.4) is 0 Å². The molecule has 0 heterocycles. The maximum absolute atomic E-state index is 12.7. The van der Waals surface area contributed by atoms with Gasteiger partial charge in [-0.2, -0.15) is 0 Å². The Hall–Kier alpha value is -4.12. The summed E-state index contributed by atoms with van der Waals surface area (Å²) in [6.45, 7) is 0. The summed E-state index contributed by atoms with van der Waals surface area (Å²) < 4.78 is 0. The maximum Gasteiger partial charge on any atom is 0.336 e. The molecular formula is C24H18N2O3. The zero-order valence-electron chi connectivity index (χ0n) is 15.4. The quantitative estimate of drug-likeness (QED) is 0.431. The summed E-state index contributed by atoms with van der Waals surface area (Å²) in [4.78, 5) is 24.2. The molecule has 0 aliphatic carbocycles. The second-order valence-corrected chi connectivity index (χ2v) is 6.66. The predicted molar refractivity (Wildman–Crippen MR) is 115 cm³/mol. The molecule has 0 atom stereocenters. The van der Waals surface area contributed by atoms with Gasteiger partial charge in [0.2, 0.25) is 0 Å². The van der Waals surface area contributed by atoms with Crippen molar-refractivity contribution in [1.29, 1.82) is 0 Å². The Kier molecular flexibility index (Phi) is 4.71. The lowest BCUT2D eigenvalue weighted by Crippen LogP contribution is -2.12. The van der Waals surface area contributed by atoms with E-state index >= 15 is 0 Å². The zero-order valence-corrected chi connectivity index (χ0v) is 15.4. The summed E-state index contributed by atoms with van der Waals surface area (Å²) in [5.74, 6) is -1.26. The van der Waals surface area contributed by atoms with Crippen molar-refractivity contribution in [2.45, 2.75) is 0 Å². The van der Waals surface area contributed by atoms with Crippen molar-refractivity contribution in [3.8, 4) is 11.1 Å². The maximum atomic E-state index is 12.7. The number of nitrogens with one attached hydrogen (secondary N) is 1. The van der Waals surface area contributed by atoms with Gasteiger partial charge in [-0.3, -0.25) is 4.79 Å². The summed E-state index contributed by atoms with van der Waals surface area (Å²) in [7, 11) is 0. The van der Waals surface area contributed by atoms with Crippen molar-refractivity contribution < 1.29 is 14.7 Å². The largest absolute Gasteiger partial charge is 0.478 e. The molecule has 0 fully saturated rings. The van der Waals surface area contributed by atoms with E-state index in [4.69, 9.17) is 5.73 Å². The van der Waals surface area contributed by atoms with Crippen molar-refractivity contribution in [2.24, 2.45) is 0 Å². The molecule has 0 unspecified atom stereocenters. The molecular weight excluding hydrogens is 364 g/mol. The van der Waals surface area contributed by atoms with Gasteiger partial charge in [0.15, 0.2) is 0 Å². The fourth-order valence-electron chi connectivity index (χ4n) is 3.28. The number of carboxylic acid groups (broad SMARTS) is 1. The van der Waals surface area contributed by atoms with E-state index in [0.717, 1.165) is 11.1 Å². The minimum Gasteiger partial charge on any atom is -0.478 e. The van der Waals surface area contributed by atoms with Crippen LogP contribution < -0.4 is 11.1 Å². The topological polar surface area (TPSA) is 92.4 Å². The molecule has 0 aliphatic heterocycles. The molecule has 0 radical (unpaired) electrons. The van der Waals surface area contributed by atoms with Crippen LogP contribution in [0.15, 0.2) is 84.9 Å². The molecule has 0 bridgehead atoms. The molecule has 0 aromatic heterocycles. The Morgan fingerprint density at radius 1 is 0.724 bits per heavy atom. The number of carbonyl (C=O) groups excluding carboxylic acids is 1. The van der Waals surface area contributed by atoms with Crippen molar-refractivity contribution in [1.82, 2.24) is 0 Å². The van der Waals surface area contributed by atoms with E-state index in [1.54, 1.807) is 36.4 Å². The Balaban J connectivity index is 1.61. The number of nitrogen functional groups attached to an aromatic ring is 1. The third kappa shape index (κ3) is 3.66. The molecule has 4 aromatic rings. The summed E-state index contributed by atoms with van der Waals surface area (Å²) in [6.07, 6.45) is 0. The van der Waals surface area contributed by atoms with E-state index in [1.807, 2.05) is 42.5 Å². The highest BCUT2D eigenvalue weighted by atomic mass is 16.4. The van der Waals surface area contributed by atoms with Crippen molar-refractivity contribution >= 4 is 34.0 Å². The fourth-order valence-corrected chi connectivity index (χ4v) is 3.28. The van der Waals surface area contributed by atoms with Crippen molar-refractivity contribution in [2.75, 3.05) is 11.1 Å². The monoisotopic (exact) mass is 382 g/mol. The first kappa shape index (κ1) is 18.3. The van der Waals surface area contributed by atoms with E-state index < -0.39 is 5.97 Å². The van der Waals surface area contributed by atoms with Crippen LogP contribution in [0, 0.1) is 0 Å². The number of carbonyl (C=O) groups is 2. The second-order valence-electron chi connectivity index (χ2n) is 6.66. The summed E-state index contributed by atoms with van der Waals surface area (Å²) in [5.41, 5.74) is 9.70. The van der Waals surface area contributed by atoms with Crippen LogP contribution in [0.5, 0.6) is 0 Å². The smallest absolute Gasteiger partial charge is 0.336 e. The van der Waals surface area contributed by atoms with E-state index in [1.165, 1.54) is 6.07 Å². The number of carboxylic acids is 1. The molecule has 0 spiro atoms. The number of anilines is 2. The highest BCUT2D eigenvalue weighted by molar-refractivity contribution is 6.13. The van der Waals surface area contributed by atoms with Crippen LogP contribution in [0.4, 0.5) is 11.4 Å². The first-order valence-corrected chi connectivity index (χ1v) is 9.05. The molecule has 5 nitrogen and oxygen atoms in total. The van der Waals surface area contributed by atoms with Crippen LogP contribution in [-0.4, -0.2) is 17.0 Å². The van der Waals surface area contributed by atoms with Gasteiger partial charge in [0.25, 0.3) is 5.91 Å². The number of rotatable bonds is 4. The molecule has 5 heteroatoms. The predicted octanol–water partition coefficient (Wildman–Crippen LogP) is 5.04. The minimum absolute atomic E-state index is 0.200. The SMILES string of the molecule is Nc1ccc(-c2ccc(C(=O)Nc3ccc(C(=O)O)c4ccccc34)cc2)cc1. The van der Waals surface area contributed by atoms with Crippen molar-refractivity contribution in [3.05, 3.63) is 96.1 Å². The van der Waals surface area contributed by atoms with E-state index in [9.17, 15) is 14.7 Å². The lowest BCUT2D eigenvalue weighted by atomic mass is 10.0. The van der Waals surface area contributed by atoms with Gasteiger partial charge in [-0.15, -0.1) is 0 Å². The third-order valence-electron chi connectivity index (χ3n) is 4.79. The number of amides is 1. The fraction of sp³-hybridized carbons (Fsp3) is 0. The van der Waals surface area contributed by atoms with Gasteiger partial charge in [-0.05, 0) is 52.9 Å². The number of hydrogen-bond acceptors (Lipinski definition) is 3. The Bertz CT molecular complexity index is 1210. The average molecular weight is 382 g/mol. The molecule has 4 aromatic carbocycles. The molecule has 0 saturated heterocycles. The van der Waals surface area contributed by atoms with Gasteiger partial charge in [0.05, 0.1) is 5.56 Å². The summed E-state index contributed by atoms with van der Waals surface area (Å²) in [6, 6.07) is 25.0.